The van der Waals surface area contributed by atoms with E-state index in [4.69, 9.17) is 10.5 Å². The molecule has 0 atom stereocenters. The van der Waals surface area contributed by atoms with Gasteiger partial charge in [0.05, 0.1) is 10.4 Å². The van der Waals surface area contributed by atoms with Crippen molar-refractivity contribution in [1.82, 2.24) is 4.98 Å². The van der Waals surface area contributed by atoms with Crippen LogP contribution in [-0.4, -0.2) is 9.91 Å². The van der Waals surface area contributed by atoms with E-state index in [0.717, 1.165) is 0 Å². The Labute approximate surface area is 119 Å². The molecule has 0 fully saturated rings. The van der Waals surface area contributed by atoms with Crippen molar-refractivity contribution in [3.8, 4) is 11.6 Å². The van der Waals surface area contributed by atoms with Crippen molar-refractivity contribution in [3.63, 3.8) is 0 Å². The number of hydrogen-bond acceptors (Lipinski definition) is 5. The van der Waals surface area contributed by atoms with E-state index in [-0.39, 0.29) is 5.69 Å². The van der Waals surface area contributed by atoms with Gasteiger partial charge in [0.25, 0.3) is 5.69 Å². The van der Waals surface area contributed by atoms with E-state index >= 15 is 0 Å². The van der Waals surface area contributed by atoms with E-state index in [1.54, 1.807) is 42.5 Å². The number of benzene rings is 2. The molecule has 0 aliphatic rings. The van der Waals surface area contributed by atoms with Gasteiger partial charge in [0.15, 0.2) is 0 Å². The molecule has 0 radical (unpaired) electrons. The molecule has 6 heteroatoms. The van der Waals surface area contributed by atoms with Crippen LogP contribution in [0.5, 0.6) is 11.6 Å². The summed E-state index contributed by atoms with van der Waals surface area (Å²) >= 11 is 0. The Bertz CT molecular complexity index is 833. The number of nitro benzene ring substituents is 1. The second-order valence-corrected chi connectivity index (χ2v) is 4.46. The number of nitrogens with zero attached hydrogens (tertiary/aromatic N) is 2. The van der Waals surface area contributed by atoms with Crippen LogP contribution in [0.1, 0.15) is 0 Å². The highest BCUT2D eigenvalue weighted by molar-refractivity contribution is 5.81. The van der Waals surface area contributed by atoms with Crippen LogP contribution in [0.3, 0.4) is 0 Å². The molecule has 0 saturated carbocycles. The lowest BCUT2D eigenvalue weighted by atomic mass is 10.2. The third-order valence-electron chi connectivity index (χ3n) is 2.94. The van der Waals surface area contributed by atoms with Gasteiger partial charge in [-0.3, -0.25) is 10.1 Å². The Hall–Kier alpha value is -3.15. The molecule has 0 amide bonds. The minimum Gasteiger partial charge on any atom is -0.439 e. The lowest BCUT2D eigenvalue weighted by molar-refractivity contribution is -0.384. The predicted molar refractivity (Wildman–Crippen MR) is 79.3 cm³/mol. The summed E-state index contributed by atoms with van der Waals surface area (Å²) in [6.45, 7) is 0. The smallest absolute Gasteiger partial charge is 0.270 e. The largest absolute Gasteiger partial charge is 0.439 e. The fourth-order valence-corrected chi connectivity index (χ4v) is 1.96. The first-order valence-electron chi connectivity index (χ1n) is 6.20. The first-order chi connectivity index (χ1) is 10.1. The van der Waals surface area contributed by atoms with E-state index < -0.39 is 4.92 Å². The van der Waals surface area contributed by atoms with Gasteiger partial charge in [0.1, 0.15) is 5.75 Å². The van der Waals surface area contributed by atoms with Gasteiger partial charge in [0.2, 0.25) is 5.88 Å². The maximum atomic E-state index is 10.7. The molecule has 0 saturated heterocycles. The zero-order valence-electron chi connectivity index (χ0n) is 10.9. The molecule has 3 aromatic rings. The van der Waals surface area contributed by atoms with Crippen LogP contribution >= 0.6 is 0 Å². The minimum atomic E-state index is -0.434. The second-order valence-electron chi connectivity index (χ2n) is 4.46. The number of nitrogens with two attached hydrogens (primary N) is 1. The molecule has 2 N–H and O–H groups in total. The summed E-state index contributed by atoms with van der Waals surface area (Å²) in [5.74, 6) is 0.991. The molecule has 1 heterocycles. The van der Waals surface area contributed by atoms with Gasteiger partial charge >= 0.3 is 0 Å². The van der Waals surface area contributed by atoms with Gasteiger partial charge in [-0.1, -0.05) is 6.07 Å². The number of rotatable bonds is 3. The SMILES string of the molecule is Nc1cccc(Oc2ccc3cc([N+](=O)[O-])ccc3n2)c1. The molecule has 21 heavy (non-hydrogen) atoms. The molecule has 0 aliphatic heterocycles. The molecule has 1 aromatic heterocycles. The lowest BCUT2D eigenvalue weighted by Crippen LogP contribution is -1.91. The maximum absolute atomic E-state index is 10.7. The fourth-order valence-electron chi connectivity index (χ4n) is 1.96. The van der Waals surface area contributed by atoms with Crippen LogP contribution < -0.4 is 10.5 Å². The van der Waals surface area contributed by atoms with Crippen LogP contribution in [0.25, 0.3) is 10.9 Å². The number of hydrogen-bond donors (Lipinski definition) is 1. The normalized spacial score (nSPS) is 10.5. The molecule has 104 valence electrons. The van der Waals surface area contributed by atoms with E-state index in [9.17, 15) is 10.1 Å². The maximum Gasteiger partial charge on any atom is 0.270 e. The summed E-state index contributed by atoms with van der Waals surface area (Å²) in [5, 5.41) is 11.4. The van der Waals surface area contributed by atoms with Gasteiger partial charge in [0, 0.05) is 35.3 Å². The highest BCUT2D eigenvalue weighted by atomic mass is 16.6. The lowest BCUT2D eigenvalue weighted by Gasteiger charge is -2.06. The summed E-state index contributed by atoms with van der Waals surface area (Å²) < 4.78 is 5.62. The van der Waals surface area contributed by atoms with Crippen molar-refractivity contribution in [1.29, 1.82) is 0 Å². The summed E-state index contributed by atoms with van der Waals surface area (Å²) in [5.41, 5.74) is 6.95. The van der Waals surface area contributed by atoms with Crippen molar-refractivity contribution in [2.24, 2.45) is 0 Å². The zero-order chi connectivity index (χ0) is 14.8. The van der Waals surface area contributed by atoms with Crippen molar-refractivity contribution in [3.05, 3.63) is 64.7 Å². The van der Waals surface area contributed by atoms with Crippen LogP contribution in [0.15, 0.2) is 54.6 Å². The summed E-state index contributed by atoms with van der Waals surface area (Å²) in [4.78, 5) is 14.6. The highest BCUT2D eigenvalue weighted by Crippen LogP contribution is 2.25. The molecule has 2 aromatic carbocycles. The van der Waals surface area contributed by atoms with Gasteiger partial charge in [-0.2, -0.15) is 0 Å². The summed E-state index contributed by atoms with van der Waals surface area (Å²) in [7, 11) is 0. The van der Waals surface area contributed by atoms with E-state index in [0.29, 0.717) is 28.2 Å². The van der Waals surface area contributed by atoms with Crippen LogP contribution in [0.4, 0.5) is 11.4 Å². The monoisotopic (exact) mass is 281 g/mol. The number of anilines is 1. The van der Waals surface area contributed by atoms with Crippen molar-refractivity contribution < 1.29 is 9.66 Å². The number of pyridine rings is 1. The topological polar surface area (TPSA) is 91.3 Å². The van der Waals surface area contributed by atoms with Gasteiger partial charge in [-0.25, -0.2) is 4.98 Å². The second kappa shape index (κ2) is 5.09. The Kier molecular flexibility index (Phi) is 3.12. The number of nitrogen functional groups attached to an aromatic ring is 1. The minimum absolute atomic E-state index is 0.0359. The molecular weight excluding hydrogens is 270 g/mol. The van der Waals surface area contributed by atoms with Gasteiger partial charge < -0.3 is 10.5 Å². The molecule has 0 unspecified atom stereocenters. The van der Waals surface area contributed by atoms with E-state index in [2.05, 4.69) is 4.98 Å². The van der Waals surface area contributed by atoms with Gasteiger partial charge in [-0.15, -0.1) is 0 Å². The first-order valence-corrected chi connectivity index (χ1v) is 6.20. The number of non-ortho nitro benzene ring substituents is 1. The van der Waals surface area contributed by atoms with E-state index in [1.165, 1.54) is 12.1 Å². The van der Waals surface area contributed by atoms with Crippen LogP contribution in [-0.2, 0) is 0 Å². The standard InChI is InChI=1S/C15H11N3O3/c16-11-2-1-3-13(9-11)21-15-7-4-10-8-12(18(19)20)5-6-14(10)17-15/h1-9H,16H2. The number of fused-ring (bicyclic) bond motifs is 1. The van der Waals surface area contributed by atoms with E-state index in [1.807, 2.05) is 0 Å². The molecule has 0 aliphatic carbocycles. The van der Waals surface area contributed by atoms with Crippen LogP contribution in [0.2, 0.25) is 0 Å². The average Bonchev–Trinajstić information content (AvgIpc) is 2.46. The Balaban J connectivity index is 1.94. The number of nitro groups is 1. The number of ether oxygens (including phenoxy) is 1. The quantitative estimate of drug-likeness (QED) is 0.450. The third-order valence-corrected chi connectivity index (χ3v) is 2.94. The van der Waals surface area contributed by atoms with Gasteiger partial charge in [-0.05, 0) is 24.3 Å². The summed E-state index contributed by atoms with van der Waals surface area (Å²) in [6.07, 6.45) is 0. The Morgan fingerprint density at radius 1 is 1.10 bits per heavy atom. The molecule has 0 bridgehead atoms. The molecule has 0 spiro atoms. The van der Waals surface area contributed by atoms with Crippen molar-refractivity contribution in [2.75, 3.05) is 5.73 Å². The van der Waals surface area contributed by atoms with Crippen molar-refractivity contribution >= 4 is 22.3 Å². The average molecular weight is 281 g/mol. The molecule has 6 nitrogen and oxygen atoms in total. The Morgan fingerprint density at radius 2 is 1.95 bits per heavy atom. The molecular formula is C15H11N3O3. The van der Waals surface area contributed by atoms with Crippen LogP contribution in [0, 0.1) is 10.1 Å². The fraction of sp³-hybridized carbons (Fsp3) is 0. The van der Waals surface area contributed by atoms with Crippen molar-refractivity contribution in [2.45, 2.75) is 0 Å². The number of aromatic nitrogens is 1. The first kappa shape index (κ1) is 12.9. The third kappa shape index (κ3) is 2.74. The Morgan fingerprint density at radius 3 is 2.71 bits per heavy atom. The predicted octanol–water partition coefficient (Wildman–Crippen LogP) is 3.52. The summed E-state index contributed by atoms with van der Waals surface area (Å²) in [6, 6.07) is 14.9. The molecule has 3 rings (SSSR count). The highest BCUT2D eigenvalue weighted by Gasteiger charge is 2.08. The zero-order valence-corrected chi connectivity index (χ0v) is 10.9.